The van der Waals surface area contributed by atoms with Gasteiger partial charge in [0.05, 0.1) is 17.2 Å². The SMILES string of the molecule is CN(C)C(=N)C1=CC=CC(C(=O)Nc2ccc(Cl)cc2C(=O)Nc2ccc(Br)cn2)C=C1. The number of benzene rings is 1. The number of carbonyl (C=O) groups is 2. The number of halogens is 2. The van der Waals surface area contributed by atoms with Crippen molar-refractivity contribution in [2.45, 2.75) is 0 Å². The van der Waals surface area contributed by atoms with Gasteiger partial charge in [0.15, 0.2) is 0 Å². The van der Waals surface area contributed by atoms with Crippen molar-refractivity contribution in [1.82, 2.24) is 9.88 Å². The molecule has 0 bridgehead atoms. The molecule has 1 aromatic carbocycles. The smallest absolute Gasteiger partial charge is 0.258 e. The maximum absolute atomic E-state index is 12.9. The topological polar surface area (TPSA) is 98.2 Å². The molecule has 32 heavy (non-hydrogen) atoms. The van der Waals surface area contributed by atoms with Crippen molar-refractivity contribution in [2.75, 3.05) is 24.7 Å². The van der Waals surface area contributed by atoms with Gasteiger partial charge in [-0.2, -0.15) is 0 Å². The fourth-order valence-corrected chi connectivity index (χ4v) is 3.27. The molecule has 9 heteroatoms. The molecule has 3 rings (SSSR count). The van der Waals surface area contributed by atoms with Gasteiger partial charge in [-0.05, 0) is 46.3 Å². The van der Waals surface area contributed by atoms with Gasteiger partial charge in [0, 0.05) is 35.4 Å². The molecule has 0 radical (unpaired) electrons. The Labute approximate surface area is 199 Å². The van der Waals surface area contributed by atoms with Crippen LogP contribution in [0.3, 0.4) is 0 Å². The average molecular weight is 515 g/mol. The zero-order chi connectivity index (χ0) is 23.3. The lowest BCUT2D eigenvalue weighted by atomic mass is 10.1. The van der Waals surface area contributed by atoms with Crippen LogP contribution >= 0.6 is 27.5 Å². The van der Waals surface area contributed by atoms with Gasteiger partial charge in [-0.15, -0.1) is 0 Å². The Balaban J connectivity index is 1.77. The maximum Gasteiger partial charge on any atom is 0.258 e. The number of carbonyl (C=O) groups excluding carboxylic acids is 2. The summed E-state index contributed by atoms with van der Waals surface area (Å²) in [6.07, 6.45) is 10.3. The lowest BCUT2D eigenvalue weighted by Gasteiger charge is -2.15. The van der Waals surface area contributed by atoms with E-state index >= 15 is 0 Å². The van der Waals surface area contributed by atoms with E-state index in [9.17, 15) is 9.59 Å². The lowest BCUT2D eigenvalue weighted by molar-refractivity contribution is -0.117. The minimum absolute atomic E-state index is 0.213. The first-order valence-corrected chi connectivity index (χ1v) is 10.8. The minimum Gasteiger partial charge on any atom is -0.363 e. The van der Waals surface area contributed by atoms with Gasteiger partial charge >= 0.3 is 0 Å². The number of amidine groups is 1. The van der Waals surface area contributed by atoms with E-state index < -0.39 is 11.8 Å². The number of nitrogens with zero attached hydrogens (tertiary/aromatic N) is 2. The van der Waals surface area contributed by atoms with Gasteiger partial charge in [0.2, 0.25) is 5.91 Å². The molecular formula is C23H21BrClN5O2. The van der Waals surface area contributed by atoms with Gasteiger partial charge in [-0.25, -0.2) is 4.98 Å². The number of likely N-dealkylation sites (N-methyl/N-ethyl adjacent to an activating group) is 1. The third-order valence-electron chi connectivity index (χ3n) is 4.55. The quantitative estimate of drug-likeness (QED) is 0.391. The highest BCUT2D eigenvalue weighted by atomic mass is 79.9. The molecule has 1 aliphatic carbocycles. The van der Waals surface area contributed by atoms with Crippen molar-refractivity contribution in [3.8, 4) is 0 Å². The predicted molar refractivity (Wildman–Crippen MR) is 131 cm³/mol. The fraction of sp³-hybridized carbons (Fsp3) is 0.130. The molecule has 1 aromatic heterocycles. The molecule has 0 aliphatic heterocycles. The Hall–Kier alpha value is -3.23. The Morgan fingerprint density at radius 1 is 1.16 bits per heavy atom. The van der Waals surface area contributed by atoms with Crippen LogP contribution in [0.4, 0.5) is 11.5 Å². The van der Waals surface area contributed by atoms with Crippen molar-refractivity contribution < 1.29 is 9.59 Å². The lowest BCUT2D eigenvalue weighted by Crippen LogP contribution is -2.23. The molecule has 0 fully saturated rings. The molecule has 7 nitrogen and oxygen atoms in total. The number of allylic oxidation sites excluding steroid dienone is 2. The first kappa shape index (κ1) is 23.4. The van der Waals surface area contributed by atoms with Gasteiger partial charge in [0.1, 0.15) is 11.7 Å². The van der Waals surface area contributed by atoms with E-state index in [1.54, 1.807) is 79.8 Å². The molecule has 0 spiro atoms. The summed E-state index contributed by atoms with van der Waals surface area (Å²) < 4.78 is 0.786. The Kier molecular flexibility index (Phi) is 7.61. The number of anilines is 2. The van der Waals surface area contributed by atoms with Crippen molar-refractivity contribution in [3.05, 3.63) is 87.5 Å². The summed E-state index contributed by atoms with van der Waals surface area (Å²) in [6.45, 7) is 0. The highest BCUT2D eigenvalue weighted by Gasteiger charge is 2.19. The van der Waals surface area contributed by atoms with Crippen LogP contribution in [-0.2, 0) is 4.79 Å². The Morgan fingerprint density at radius 3 is 2.62 bits per heavy atom. The fourth-order valence-electron chi connectivity index (χ4n) is 2.86. The highest BCUT2D eigenvalue weighted by molar-refractivity contribution is 9.10. The maximum atomic E-state index is 12.9. The molecule has 0 saturated carbocycles. The first-order chi connectivity index (χ1) is 15.2. The van der Waals surface area contributed by atoms with E-state index in [1.807, 2.05) is 0 Å². The third kappa shape index (κ3) is 5.93. The van der Waals surface area contributed by atoms with Crippen LogP contribution in [0.5, 0.6) is 0 Å². The molecule has 1 heterocycles. The number of hydrogen-bond donors (Lipinski definition) is 3. The first-order valence-electron chi connectivity index (χ1n) is 9.61. The van der Waals surface area contributed by atoms with Crippen LogP contribution in [0.15, 0.2) is 77.0 Å². The van der Waals surface area contributed by atoms with Crippen molar-refractivity contribution in [3.63, 3.8) is 0 Å². The summed E-state index contributed by atoms with van der Waals surface area (Å²) in [7, 11) is 3.57. The number of aromatic nitrogens is 1. The van der Waals surface area contributed by atoms with Gasteiger partial charge in [0.25, 0.3) is 5.91 Å². The van der Waals surface area contributed by atoms with Gasteiger partial charge in [-0.1, -0.05) is 42.0 Å². The predicted octanol–water partition coefficient (Wildman–Crippen LogP) is 4.90. The highest BCUT2D eigenvalue weighted by Crippen LogP contribution is 2.24. The molecule has 164 valence electrons. The second-order valence-corrected chi connectivity index (χ2v) is 8.48. The molecule has 1 atom stereocenters. The standard InChI is InChI=1S/C23H21BrClN5O2/c1-30(2)21(26)14-4-3-5-15(7-6-14)22(31)28-19-10-9-17(25)12-18(19)23(32)29-20-11-8-16(24)13-27-20/h3-13,15,26H,1-2H3,(H,28,31)(H,27,29,32). The largest absolute Gasteiger partial charge is 0.363 e. The van der Waals surface area contributed by atoms with Crippen LogP contribution in [-0.4, -0.2) is 41.6 Å². The molecule has 2 amide bonds. The van der Waals surface area contributed by atoms with E-state index in [2.05, 4.69) is 31.5 Å². The minimum atomic E-state index is -0.571. The van der Waals surface area contributed by atoms with Crippen molar-refractivity contribution in [1.29, 1.82) is 5.41 Å². The normalized spacial score (nSPS) is 14.9. The number of pyridine rings is 1. The van der Waals surface area contributed by atoms with Crippen LogP contribution in [0.2, 0.25) is 5.02 Å². The second-order valence-electron chi connectivity index (χ2n) is 7.13. The summed E-state index contributed by atoms with van der Waals surface area (Å²) in [4.78, 5) is 31.5. The van der Waals surface area contributed by atoms with Crippen molar-refractivity contribution in [2.24, 2.45) is 5.92 Å². The van der Waals surface area contributed by atoms with E-state index in [-0.39, 0.29) is 11.5 Å². The number of hydrogen-bond acceptors (Lipinski definition) is 4. The molecule has 1 unspecified atom stereocenters. The van der Waals surface area contributed by atoms with Crippen molar-refractivity contribution >= 4 is 56.7 Å². The summed E-state index contributed by atoms with van der Waals surface area (Å²) in [5.74, 6) is -0.634. The van der Waals surface area contributed by atoms with Crippen LogP contribution < -0.4 is 10.6 Å². The Morgan fingerprint density at radius 2 is 1.94 bits per heavy atom. The van der Waals surface area contributed by atoms with E-state index in [4.69, 9.17) is 17.0 Å². The average Bonchev–Trinajstić information content (AvgIpc) is 3.02. The molecule has 0 saturated heterocycles. The zero-order valence-corrected chi connectivity index (χ0v) is 19.7. The Bertz CT molecular complexity index is 1140. The molecule has 2 aromatic rings. The van der Waals surface area contributed by atoms with Crippen LogP contribution in [0.25, 0.3) is 0 Å². The van der Waals surface area contributed by atoms with Crippen LogP contribution in [0, 0.1) is 11.3 Å². The molecule has 3 N–H and O–H groups in total. The monoisotopic (exact) mass is 513 g/mol. The van der Waals surface area contributed by atoms with Gasteiger partial charge < -0.3 is 15.5 Å². The summed E-state index contributed by atoms with van der Waals surface area (Å²) in [5, 5.41) is 14.0. The van der Waals surface area contributed by atoms with E-state index in [1.165, 1.54) is 6.07 Å². The number of rotatable bonds is 5. The number of amides is 2. The summed E-state index contributed by atoms with van der Waals surface area (Å²) in [6, 6.07) is 8.08. The summed E-state index contributed by atoms with van der Waals surface area (Å²) in [5.41, 5.74) is 1.23. The summed E-state index contributed by atoms with van der Waals surface area (Å²) >= 11 is 9.39. The van der Waals surface area contributed by atoms with E-state index in [0.717, 1.165) is 4.47 Å². The number of nitrogens with one attached hydrogen (secondary N) is 3. The third-order valence-corrected chi connectivity index (χ3v) is 5.26. The second kappa shape index (κ2) is 10.4. The molecular weight excluding hydrogens is 494 g/mol. The van der Waals surface area contributed by atoms with E-state index in [0.29, 0.717) is 27.9 Å². The molecule has 1 aliphatic rings. The zero-order valence-electron chi connectivity index (χ0n) is 17.4. The van der Waals surface area contributed by atoms with Crippen LogP contribution in [0.1, 0.15) is 10.4 Å². The van der Waals surface area contributed by atoms with Gasteiger partial charge in [-0.3, -0.25) is 15.0 Å².